The van der Waals surface area contributed by atoms with Crippen molar-refractivity contribution in [2.24, 2.45) is 5.92 Å². The number of nitrogens with zero attached hydrogens (tertiary/aromatic N) is 1. The average molecular weight is 287 g/mol. The minimum atomic E-state index is -0.189. The Morgan fingerprint density at radius 3 is 2.55 bits per heavy atom. The summed E-state index contributed by atoms with van der Waals surface area (Å²) >= 11 is 1.01. The third-order valence-corrected chi connectivity index (χ3v) is 3.68. The first-order valence-electron chi connectivity index (χ1n) is 6.55. The number of carbonyl (C=O) groups excluding carboxylic acids is 2. The maximum atomic E-state index is 12.1. The van der Waals surface area contributed by atoms with Crippen molar-refractivity contribution in [1.82, 2.24) is 4.90 Å². The van der Waals surface area contributed by atoms with Gasteiger partial charge in [0.1, 0.15) is 0 Å². The molecule has 1 heterocycles. The molecule has 0 atom stereocenters. The van der Waals surface area contributed by atoms with Crippen LogP contribution in [0.25, 0.3) is 6.08 Å². The van der Waals surface area contributed by atoms with Gasteiger partial charge in [0.05, 0.1) is 4.91 Å². The Hall–Kier alpha value is -1.81. The first-order valence-corrected chi connectivity index (χ1v) is 7.36. The molecule has 4 heteroatoms. The highest BCUT2D eigenvalue weighted by atomic mass is 32.2. The minimum absolute atomic E-state index is 0.178. The molecule has 20 heavy (non-hydrogen) atoms. The smallest absolute Gasteiger partial charge is 0.268 e. The molecular weight excluding hydrogens is 270 g/mol. The fourth-order valence-electron chi connectivity index (χ4n) is 1.85. The van der Waals surface area contributed by atoms with Crippen LogP contribution in [0, 0.1) is 5.92 Å². The summed E-state index contributed by atoms with van der Waals surface area (Å²) < 4.78 is 0. The van der Waals surface area contributed by atoms with E-state index in [1.807, 2.05) is 56.3 Å². The number of thioether (sulfide) groups is 1. The molecule has 0 bridgehead atoms. The molecule has 0 unspecified atom stereocenters. The summed E-state index contributed by atoms with van der Waals surface area (Å²) in [5, 5.41) is -0.178. The van der Waals surface area contributed by atoms with Crippen LogP contribution in [-0.2, 0) is 4.79 Å². The third-order valence-electron chi connectivity index (χ3n) is 2.76. The zero-order chi connectivity index (χ0) is 14.5. The van der Waals surface area contributed by atoms with Gasteiger partial charge in [-0.25, -0.2) is 0 Å². The molecule has 2 rings (SSSR count). The summed E-state index contributed by atoms with van der Waals surface area (Å²) in [5.41, 5.74) is 1.06. The summed E-state index contributed by atoms with van der Waals surface area (Å²) in [6, 6.07) is 9.82. The van der Waals surface area contributed by atoms with Gasteiger partial charge in [0.15, 0.2) is 0 Å². The second kappa shape index (κ2) is 6.57. The van der Waals surface area contributed by atoms with Crippen molar-refractivity contribution < 1.29 is 9.59 Å². The van der Waals surface area contributed by atoms with E-state index in [9.17, 15) is 9.59 Å². The molecule has 0 radical (unpaired) electrons. The van der Waals surface area contributed by atoms with E-state index >= 15 is 0 Å². The number of imide groups is 1. The lowest BCUT2D eigenvalue weighted by molar-refractivity contribution is -0.123. The highest BCUT2D eigenvalue weighted by Gasteiger charge is 2.34. The summed E-state index contributed by atoms with van der Waals surface area (Å²) in [6.07, 6.45) is 5.43. The third kappa shape index (κ3) is 3.61. The number of benzene rings is 1. The number of allylic oxidation sites excluding steroid dienone is 2. The average Bonchev–Trinajstić information content (AvgIpc) is 2.67. The monoisotopic (exact) mass is 287 g/mol. The summed E-state index contributed by atoms with van der Waals surface area (Å²) in [7, 11) is 0. The Balaban J connectivity index is 2.07. The van der Waals surface area contributed by atoms with Gasteiger partial charge in [-0.15, -0.1) is 0 Å². The maximum Gasteiger partial charge on any atom is 0.293 e. The Labute approximate surface area is 123 Å². The van der Waals surface area contributed by atoms with Crippen LogP contribution in [0.1, 0.15) is 19.4 Å². The van der Waals surface area contributed by atoms with E-state index in [0.717, 1.165) is 17.3 Å². The number of hydrogen-bond acceptors (Lipinski definition) is 3. The fraction of sp³-hybridized carbons (Fsp3) is 0.250. The largest absolute Gasteiger partial charge is 0.293 e. The molecular formula is C16H17NO2S. The second-order valence-electron chi connectivity index (χ2n) is 4.98. The molecule has 1 aromatic carbocycles. The Bertz CT molecular complexity index is 561. The van der Waals surface area contributed by atoms with Gasteiger partial charge in [-0.2, -0.15) is 0 Å². The zero-order valence-electron chi connectivity index (χ0n) is 11.6. The van der Waals surface area contributed by atoms with E-state index in [0.29, 0.717) is 11.4 Å². The van der Waals surface area contributed by atoms with E-state index in [1.54, 1.807) is 6.08 Å². The predicted octanol–water partition coefficient (Wildman–Crippen LogP) is 3.94. The van der Waals surface area contributed by atoms with Gasteiger partial charge in [0.25, 0.3) is 11.1 Å². The van der Waals surface area contributed by atoms with Crippen LogP contribution in [0.5, 0.6) is 0 Å². The van der Waals surface area contributed by atoms with Crippen LogP contribution in [-0.4, -0.2) is 22.6 Å². The lowest BCUT2D eigenvalue weighted by Gasteiger charge is -2.14. The molecule has 0 aromatic heterocycles. The quantitative estimate of drug-likeness (QED) is 0.787. The standard InChI is InChI=1S/C16H17NO2S/c1-12(2)11-17-15(18)14(20-16(17)19)10-6-9-13-7-4-3-5-8-13/h3-10,12H,11H2,1-2H3. The highest BCUT2D eigenvalue weighted by Crippen LogP contribution is 2.31. The van der Waals surface area contributed by atoms with Crippen LogP contribution in [0.2, 0.25) is 0 Å². The lowest BCUT2D eigenvalue weighted by Crippen LogP contribution is -2.31. The van der Waals surface area contributed by atoms with Crippen molar-refractivity contribution in [3.8, 4) is 0 Å². The highest BCUT2D eigenvalue weighted by molar-refractivity contribution is 8.18. The van der Waals surface area contributed by atoms with Gasteiger partial charge in [-0.1, -0.05) is 56.3 Å². The molecule has 104 valence electrons. The molecule has 0 saturated carbocycles. The fourth-order valence-corrected chi connectivity index (χ4v) is 2.65. The van der Waals surface area contributed by atoms with E-state index in [2.05, 4.69) is 0 Å². The number of hydrogen-bond donors (Lipinski definition) is 0. The lowest BCUT2D eigenvalue weighted by atomic mass is 10.2. The summed E-state index contributed by atoms with van der Waals surface area (Å²) in [6.45, 7) is 4.45. The number of rotatable bonds is 4. The SMILES string of the molecule is CC(C)CN1C(=O)SC(=CC=Cc2ccccc2)C1=O. The van der Waals surface area contributed by atoms with Crippen molar-refractivity contribution in [2.45, 2.75) is 13.8 Å². The molecule has 1 aliphatic heterocycles. The Kier molecular flexibility index (Phi) is 4.79. The van der Waals surface area contributed by atoms with Crippen molar-refractivity contribution in [2.75, 3.05) is 6.54 Å². The second-order valence-corrected chi connectivity index (χ2v) is 5.97. The minimum Gasteiger partial charge on any atom is -0.268 e. The number of carbonyl (C=O) groups is 2. The van der Waals surface area contributed by atoms with Crippen molar-refractivity contribution in [3.05, 3.63) is 53.0 Å². The normalized spacial score (nSPS) is 17.9. The van der Waals surface area contributed by atoms with Crippen molar-refractivity contribution in [1.29, 1.82) is 0 Å². The van der Waals surface area contributed by atoms with Gasteiger partial charge in [0, 0.05) is 6.54 Å². The summed E-state index contributed by atoms with van der Waals surface area (Å²) in [5.74, 6) is 0.0918. The van der Waals surface area contributed by atoms with Crippen molar-refractivity contribution in [3.63, 3.8) is 0 Å². The Morgan fingerprint density at radius 1 is 1.20 bits per heavy atom. The summed E-state index contributed by atoms with van der Waals surface area (Å²) in [4.78, 5) is 25.6. The zero-order valence-corrected chi connectivity index (χ0v) is 12.4. The van der Waals surface area contributed by atoms with Crippen LogP contribution >= 0.6 is 11.8 Å². The van der Waals surface area contributed by atoms with Crippen LogP contribution in [0.3, 0.4) is 0 Å². The molecule has 1 saturated heterocycles. The predicted molar refractivity (Wildman–Crippen MR) is 83.1 cm³/mol. The topological polar surface area (TPSA) is 37.4 Å². The van der Waals surface area contributed by atoms with E-state index in [-0.39, 0.29) is 17.1 Å². The first-order chi connectivity index (χ1) is 9.58. The van der Waals surface area contributed by atoms with Crippen LogP contribution in [0.4, 0.5) is 4.79 Å². The molecule has 0 spiro atoms. The molecule has 1 fully saturated rings. The van der Waals surface area contributed by atoms with Gasteiger partial charge in [-0.05, 0) is 29.3 Å². The van der Waals surface area contributed by atoms with E-state index in [4.69, 9.17) is 0 Å². The van der Waals surface area contributed by atoms with Gasteiger partial charge in [0.2, 0.25) is 0 Å². The van der Waals surface area contributed by atoms with Gasteiger partial charge >= 0.3 is 0 Å². The van der Waals surface area contributed by atoms with Gasteiger partial charge in [-0.3, -0.25) is 14.5 Å². The molecule has 3 nitrogen and oxygen atoms in total. The molecule has 1 aliphatic rings. The maximum absolute atomic E-state index is 12.1. The van der Waals surface area contributed by atoms with Gasteiger partial charge < -0.3 is 0 Å². The van der Waals surface area contributed by atoms with Crippen molar-refractivity contribution >= 4 is 29.0 Å². The molecule has 0 N–H and O–H groups in total. The Morgan fingerprint density at radius 2 is 1.90 bits per heavy atom. The molecule has 0 aliphatic carbocycles. The van der Waals surface area contributed by atoms with E-state index < -0.39 is 0 Å². The van der Waals surface area contributed by atoms with Crippen LogP contribution < -0.4 is 0 Å². The number of amides is 2. The molecule has 1 aromatic rings. The first kappa shape index (κ1) is 14.6. The molecule has 2 amide bonds. The van der Waals surface area contributed by atoms with Crippen LogP contribution in [0.15, 0.2) is 47.4 Å². The van der Waals surface area contributed by atoms with E-state index in [1.165, 1.54) is 4.90 Å².